The Bertz CT molecular complexity index is 425. The van der Waals surface area contributed by atoms with Crippen molar-refractivity contribution in [2.24, 2.45) is 0 Å². The molecule has 2 heterocycles. The molecule has 18 heavy (non-hydrogen) atoms. The molecule has 1 fully saturated rings. The van der Waals surface area contributed by atoms with E-state index in [1.807, 2.05) is 0 Å². The van der Waals surface area contributed by atoms with Gasteiger partial charge in [0.2, 0.25) is 0 Å². The molecule has 0 saturated carbocycles. The van der Waals surface area contributed by atoms with Crippen LogP contribution in [0.5, 0.6) is 11.5 Å². The van der Waals surface area contributed by atoms with E-state index in [4.69, 9.17) is 9.47 Å². The summed E-state index contributed by atoms with van der Waals surface area (Å²) >= 11 is 0. The second kappa shape index (κ2) is 5.19. The highest BCUT2D eigenvalue weighted by molar-refractivity contribution is 5.52. The van der Waals surface area contributed by atoms with E-state index in [0.717, 1.165) is 44.1 Å². The van der Waals surface area contributed by atoms with Crippen molar-refractivity contribution in [2.45, 2.75) is 38.6 Å². The summed E-state index contributed by atoms with van der Waals surface area (Å²) in [6, 6.07) is 4.79. The van der Waals surface area contributed by atoms with Crippen LogP contribution in [0.2, 0.25) is 0 Å². The lowest BCUT2D eigenvalue weighted by Gasteiger charge is -2.19. The topological polar surface area (TPSA) is 30.5 Å². The van der Waals surface area contributed by atoms with E-state index in [9.17, 15) is 0 Å². The second-order valence-corrected chi connectivity index (χ2v) is 5.01. The first-order chi connectivity index (χ1) is 8.90. The molecule has 3 rings (SSSR count). The number of ether oxygens (including phenoxy) is 2. The van der Waals surface area contributed by atoms with Crippen LogP contribution < -0.4 is 14.8 Å². The van der Waals surface area contributed by atoms with Gasteiger partial charge in [0, 0.05) is 18.0 Å². The summed E-state index contributed by atoms with van der Waals surface area (Å²) in [7, 11) is 0. The van der Waals surface area contributed by atoms with E-state index in [0.29, 0.717) is 6.04 Å². The van der Waals surface area contributed by atoms with Gasteiger partial charge in [-0.3, -0.25) is 0 Å². The first-order valence-electron chi connectivity index (χ1n) is 7.05. The van der Waals surface area contributed by atoms with Gasteiger partial charge in [-0.1, -0.05) is 13.0 Å². The Morgan fingerprint density at radius 3 is 2.89 bits per heavy atom. The summed E-state index contributed by atoms with van der Waals surface area (Å²) in [5.41, 5.74) is 2.73. The zero-order valence-electron chi connectivity index (χ0n) is 11.0. The third-order valence-corrected chi connectivity index (χ3v) is 3.84. The molecule has 0 spiro atoms. The summed E-state index contributed by atoms with van der Waals surface area (Å²) < 4.78 is 11.7. The maximum absolute atomic E-state index is 5.92. The molecule has 1 atom stereocenters. The van der Waals surface area contributed by atoms with Crippen LogP contribution >= 0.6 is 0 Å². The fourth-order valence-corrected chi connectivity index (χ4v) is 2.95. The van der Waals surface area contributed by atoms with Gasteiger partial charge in [-0.05, 0) is 37.4 Å². The molecule has 1 unspecified atom stereocenters. The molecule has 98 valence electrons. The van der Waals surface area contributed by atoms with Crippen molar-refractivity contribution in [1.29, 1.82) is 0 Å². The zero-order valence-corrected chi connectivity index (χ0v) is 11.0. The van der Waals surface area contributed by atoms with Crippen molar-refractivity contribution in [3.8, 4) is 11.5 Å². The average Bonchev–Trinajstić information content (AvgIpc) is 2.82. The van der Waals surface area contributed by atoms with E-state index < -0.39 is 0 Å². The highest BCUT2D eigenvalue weighted by Gasteiger charge is 2.23. The van der Waals surface area contributed by atoms with E-state index in [-0.39, 0.29) is 0 Å². The third-order valence-electron chi connectivity index (χ3n) is 3.84. The van der Waals surface area contributed by atoms with Gasteiger partial charge in [0.15, 0.2) is 11.5 Å². The third kappa shape index (κ3) is 2.07. The Hall–Kier alpha value is -1.22. The molecule has 1 aromatic carbocycles. The highest BCUT2D eigenvalue weighted by Crippen LogP contribution is 2.39. The van der Waals surface area contributed by atoms with Crippen molar-refractivity contribution in [1.82, 2.24) is 5.32 Å². The Morgan fingerprint density at radius 2 is 2.11 bits per heavy atom. The predicted molar refractivity (Wildman–Crippen MR) is 71.4 cm³/mol. The lowest BCUT2D eigenvalue weighted by atomic mass is 9.96. The molecule has 0 radical (unpaired) electrons. The smallest absolute Gasteiger partial charge is 0.164 e. The average molecular weight is 247 g/mol. The van der Waals surface area contributed by atoms with E-state index in [1.54, 1.807) is 0 Å². The summed E-state index contributed by atoms with van der Waals surface area (Å²) in [5.74, 6) is 1.91. The molecular formula is C15H21NO2. The lowest BCUT2D eigenvalue weighted by molar-refractivity contribution is 0.296. The number of nitrogens with one attached hydrogen (secondary N) is 1. The van der Waals surface area contributed by atoms with Gasteiger partial charge in [0.1, 0.15) is 0 Å². The Balaban J connectivity index is 2.01. The number of benzene rings is 1. The molecule has 3 heteroatoms. The van der Waals surface area contributed by atoms with Crippen LogP contribution in [0.3, 0.4) is 0 Å². The highest BCUT2D eigenvalue weighted by atomic mass is 16.5. The molecule has 0 amide bonds. The van der Waals surface area contributed by atoms with Gasteiger partial charge in [-0.15, -0.1) is 0 Å². The van der Waals surface area contributed by atoms with Crippen molar-refractivity contribution in [3.05, 3.63) is 23.3 Å². The molecule has 3 nitrogen and oxygen atoms in total. The fourth-order valence-electron chi connectivity index (χ4n) is 2.95. The number of hydrogen-bond donors (Lipinski definition) is 1. The predicted octanol–water partition coefficient (Wildman–Crippen LogP) is 2.83. The SMILES string of the molecule is CCc1c(C2CCCN2)ccc2c1OCCCO2. The van der Waals surface area contributed by atoms with Crippen molar-refractivity contribution in [3.63, 3.8) is 0 Å². The standard InChI is InChI=1S/C15H21NO2/c1-2-11-12(13-5-3-8-16-13)6-7-14-15(11)18-10-4-9-17-14/h6-7,13,16H,2-5,8-10H2,1H3. The Morgan fingerprint density at radius 1 is 1.22 bits per heavy atom. The van der Waals surface area contributed by atoms with Gasteiger partial charge in [-0.25, -0.2) is 0 Å². The zero-order chi connectivity index (χ0) is 12.4. The van der Waals surface area contributed by atoms with Crippen molar-refractivity contribution < 1.29 is 9.47 Å². The molecular weight excluding hydrogens is 226 g/mol. The molecule has 0 aromatic heterocycles. The van der Waals surface area contributed by atoms with Crippen LogP contribution in [-0.2, 0) is 6.42 Å². The van der Waals surface area contributed by atoms with E-state index in [2.05, 4.69) is 24.4 Å². The minimum Gasteiger partial charge on any atom is -0.490 e. The van der Waals surface area contributed by atoms with Crippen molar-refractivity contribution >= 4 is 0 Å². The molecule has 2 aliphatic rings. The number of rotatable bonds is 2. The van der Waals surface area contributed by atoms with Crippen LogP contribution in [0.4, 0.5) is 0 Å². The first kappa shape index (κ1) is 11.8. The second-order valence-electron chi connectivity index (χ2n) is 5.01. The molecule has 2 aliphatic heterocycles. The normalized spacial score (nSPS) is 22.8. The summed E-state index contributed by atoms with van der Waals surface area (Å²) in [6.07, 6.45) is 4.46. The fraction of sp³-hybridized carbons (Fsp3) is 0.600. The maximum atomic E-state index is 5.92. The van der Waals surface area contributed by atoms with E-state index in [1.165, 1.54) is 24.0 Å². The Labute approximate surface area is 108 Å². The summed E-state index contributed by atoms with van der Waals surface area (Å²) in [5, 5.41) is 3.57. The number of hydrogen-bond acceptors (Lipinski definition) is 3. The number of fused-ring (bicyclic) bond motifs is 1. The molecule has 1 aromatic rings. The minimum absolute atomic E-state index is 0.497. The van der Waals surface area contributed by atoms with Crippen LogP contribution in [0.15, 0.2) is 12.1 Å². The maximum Gasteiger partial charge on any atom is 0.164 e. The van der Waals surface area contributed by atoms with Gasteiger partial charge >= 0.3 is 0 Å². The molecule has 0 bridgehead atoms. The molecule has 1 N–H and O–H groups in total. The monoisotopic (exact) mass is 247 g/mol. The largest absolute Gasteiger partial charge is 0.490 e. The summed E-state index contributed by atoms with van der Waals surface area (Å²) in [4.78, 5) is 0. The summed E-state index contributed by atoms with van der Waals surface area (Å²) in [6.45, 7) is 4.85. The van der Waals surface area contributed by atoms with Crippen LogP contribution in [0, 0.1) is 0 Å². The molecule has 1 saturated heterocycles. The quantitative estimate of drug-likeness (QED) is 0.871. The lowest BCUT2D eigenvalue weighted by Crippen LogP contribution is -2.15. The van der Waals surface area contributed by atoms with Crippen LogP contribution in [0.1, 0.15) is 43.4 Å². The van der Waals surface area contributed by atoms with Gasteiger partial charge in [-0.2, -0.15) is 0 Å². The molecule has 0 aliphatic carbocycles. The van der Waals surface area contributed by atoms with Crippen molar-refractivity contribution in [2.75, 3.05) is 19.8 Å². The van der Waals surface area contributed by atoms with Gasteiger partial charge in [0.25, 0.3) is 0 Å². The van der Waals surface area contributed by atoms with Gasteiger partial charge < -0.3 is 14.8 Å². The van der Waals surface area contributed by atoms with Crippen LogP contribution in [-0.4, -0.2) is 19.8 Å². The van der Waals surface area contributed by atoms with Gasteiger partial charge in [0.05, 0.1) is 13.2 Å². The Kier molecular flexibility index (Phi) is 3.41. The first-order valence-corrected chi connectivity index (χ1v) is 7.05. The minimum atomic E-state index is 0.497. The van der Waals surface area contributed by atoms with E-state index >= 15 is 0 Å². The van der Waals surface area contributed by atoms with Crippen LogP contribution in [0.25, 0.3) is 0 Å².